The van der Waals surface area contributed by atoms with Gasteiger partial charge < -0.3 is 10.2 Å². The Morgan fingerprint density at radius 3 is 2.62 bits per heavy atom. The zero-order valence-electron chi connectivity index (χ0n) is 12.9. The van der Waals surface area contributed by atoms with Gasteiger partial charge in [0.2, 0.25) is 0 Å². The van der Waals surface area contributed by atoms with Crippen molar-refractivity contribution in [3.8, 4) is 0 Å². The number of carbonyl (C=O) groups is 2. The average Bonchev–Trinajstić information content (AvgIpc) is 2.47. The van der Waals surface area contributed by atoms with Crippen LogP contribution in [0.1, 0.15) is 54.5 Å². The highest BCUT2D eigenvalue weighted by atomic mass is 16.2. The Morgan fingerprint density at radius 2 is 2.00 bits per heavy atom. The molecular formula is C16H23N3O2. The first-order chi connectivity index (χ1) is 9.97. The molecule has 1 fully saturated rings. The van der Waals surface area contributed by atoms with Crippen LogP contribution in [0, 0.1) is 5.92 Å². The van der Waals surface area contributed by atoms with Gasteiger partial charge in [-0.25, -0.2) is 0 Å². The molecule has 21 heavy (non-hydrogen) atoms. The molecule has 0 saturated carbocycles. The van der Waals surface area contributed by atoms with Crippen LogP contribution in [0.15, 0.2) is 18.3 Å². The molecule has 114 valence electrons. The Bertz CT molecular complexity index is 520. The van der Waals surface area contributed by atoms with Crippen LogP contribution in [0.25, 0.3) is 0 Å². The summed E-state index contributed by atoms with van der Waals surface area (Å²) in [4.78, 5) is 30.4. The summed E-state index contributed by atoms with van der Waals surface area (Å²) < 4.78 is 0. The van der Waals surface area contributed by atoms with E-state index < -0.39 is 0 Å². The number of pyridine rings is 1. The Hall–Kier alpha value is -1.91. The van der Waals surface area contributed by atoms with Gasteiger partial charge in [0, 0.05) is 30.9 Å². The van der Waals surface area contributed by atoms with Crippen LogP contribution in [0.3, 0.4) is 0 Å². The fraction of sp³-hybridized carbons (Fsp3) is 0.562. The van der Waals surface area contributed by atoms with Crippen molar-refractivity contribution < 1.29 is 9.59 Å². The molecule has 1 aromatic heterocycles. The maximum absolute atomic E-state index is 12.4. The van der Waals surface area contributed by atoms with E-state index in [-0.39, 0.29) is 17.9 Å². The number of nitrogens with one attached hydrogen (secondary N) is 1. The van der Waals surface area contributed by atoms with Crippen molar-refractivity contribution in [3.63, 3.8) is 0 Å². The minimum atomic E-state index is -0.172. The molecule has 5 nitrogen and oxygen atoms in total. The molecule has 0 unspecified atom stereocenters. The summed E-state index contributed by atoms with van der Waals surface area (Å²) in [5, 5.41) is 2.82. The molecule has 0 aliphatic carbocycles. The third kappa shape index (κ3) is 4.03. The van der Waals surface area contributed by atoms with Crippen LogP contribution in [0.5, 0.6) is 0 Å². The monoisotopic (exact) mass is 289 g/mol. The van der Waals surface area contributed by atoms with Gasteiger partial charge in [-0.15, -0.1) is 0 Å². The molecule has 1 aliphatic heterocycles. The van der Waals surface area contributed by atoms with E-state index in [9.17, 15) is 9.59 Å². The van der Waals surface area contributed by atoms with Crippen molar-refractivity contribution in [1.29, 1.82) is 0 Å². The van der Waals surface area contributed by atoms with E-state index in [1.165, 1.54) is 6.20 Å². The van der Waals surface area contributed by atoms with Gasteiger partial charge in [0.05, 0.1) is 0 Å². The van der Waals surface area contributed by atoms with Gasteiger partial charge in [-0.05, 0) is 44.7 Å². The third-order valence-electron chi connectivity index (χ3n) is 3.73. The number of piperidine rings is 1. The normalized spacial score (nSPS) is 16.1. The standard InChI is InChI=1S/C16H23N3O2/c1-11(2)18-15(20)13-4-7-17-14(10-13)16(21)19-8-5-12(3)6-9-19/h4,7,10-12H,5-6,8-9H2,1-3H3,(H,18,20). The van der Waals surface area contributed by atoms with E-state index in [0.29, 0.717) is 17.2 Å². The summed E-state index contributed by atoms with van der Waals surface area (Å²) in [6, 6.07) is 3.28. The van der Waals surface area contributed by atoms with E-state index in [4.69, 9.17) is 0 Å². The SMILES string of the molecule is CC1CCN(C(=O)c2cc(C(=O)NC(C)C)ccn2)CC1. The molecule has 2 rings (SSSR count). The molecule has 0 bridgehead atoms. The van der Waals surface area contributed by atoms with Crippen LogP contribution < -0.4 is 5.32 Å². The molecule has 1 aromatic rings. The minimum Gasteiger partial charge on any atom is -0.350 e. The van der Waals surface area contributed by atoms with Gasteiger partial charge in [-0.3, -0.25) is 14.6 Å². The summed E-state index contributed by atoms with van der Waals surface area (Å²) in [5.41, 5.74) is 0.827. The molecule has 2 heterocycles. The Labute approximate surface area is 125 Å². The second kappa shape index (κ2) is 6.70. The second-order valence-electron chi connectivity index (χ2n) is 6.03. The number of likely N-dealkylation sites (tertiary alicyclic amines) is 1. The van der Waals surface area contributed by atoms with Gasteiger partial charge in [0.25, 0.3) is 11.8 Å². The van der Waals surface area contributed by atoms with Gasteiger partial charge in [0.1, 0.15) is 5.69 Å². The molecule has 0 radical (unpaired) electrons. The summed E-state index contributed by atoms with van der Waals surface area (Å²) in [7, 11) is 0. The number of amides is 2. The van der Waals surface area contributed by atoms with Gasteiger partial charge in [-0.2, -0.15) is 0 Å². The highest BCUT2D eigenvalue weighted by Crippen LogP contribution is 2.17. The quantitative estimate of drug-likeness (QED) is 0.927. The minimum absolute atomic E-state index is 0.0633. The molecular weight excluding hydrogens is 266 g/mol. The molecule has 5 heteroatoms. The summed E-state index contributed by atoms with van der Waals surface area (Å²) in [6.45, 7) is 7.55. The van der Waals surface area contributed by atoms with Crippen molar-refractivity contribution >= 4 is 11.8 Å². The van der Waals surface area contributed by atoms with Gasteiger partial charge >= 0.3 is 0 Å². The number of nitrogens with zero attached hydrogens (tertiary/aromatic N) is 2. The van der Waals surface area contributed by atoms with Crippen LogP contribution in [-0.4, -0.2) is 40.8 Å². The lowest BCUT2D eigenvalue weighted by atomic mass is 9.99. The van der Waals surface area contributed by atoms with Crippen molar-refractivity contribution in [2.24, 2.45) is 5.92 Å². The molecule has 1 N–H and O–H groups in total. The topological polar surface area (TPSA) is 62.3 Å². The van der Waals surface area contributed by atoms with Gasteiger partial charge in [0.15, 0.2) is 0 Å². The number of aromatic nitrogens is 1. The van der Waals surface area contributed by atoms with Crippen LogP contribution in [0.4, 0.5) is 0 Å². The summed E-state index contributed by atoms with van der Waals surface area (Å²) in [5.74, 6) is 0.417. The van der Waals surface area contributed by atoms with Crippen LogP contribution >= 0.6 is 0 Å². The first-order valence-corrected chi connectivity index (χ1v) is 7.53. The Balaban J connectivity index is 2.09. The van der Waals surface area contributed by atoms with E-state index in [1.807, 2.05) is 18.7 Å². The fourth-order valence-corrected chi connectivity index (χ4v) is 2.41. The maximum atomic E-state index is 12.4. The van der Waals surface area contributed by atoms with E-state index >= 15 is 0 Å². The van der Waals surface area contributed by atoms with Crippen molar-refractivity contribution in [2.45, 2.75) is 39.7 Å². The molecule has 0 aromatic carbocycles. The molecule has 0 spiro atoms. The zero-order valence-corrected chi connectivity index (χ0v) is 12.9. The van der Waals surface area contributed by atoms with Crippen molar-refractivity contribution in [1.82, 2.24) is 15.2 Å². The average molecular weight is 289 g/mol. The van der Waals surface area contributed by atoms with E-state index in [1.54, 1.807) is 12.1 Å². The fourth-order valence-electron chi connectivity index (χ4n) is 2.41. The first-order valence-electron chi connectivity index (χ1n) is 7.53. The largest absolute Gasteiger partial charge is 0.350 e. The molecule has 1 aliphatic rings. The maximum Gasteiger partial charge on any atom is 0.272 e. The van der Waals surface area contributed by atoms with E-state index in [2.05, 4.69) is 17.2 Å². The highest BCUT2D eigenvalue weighted by Gasteiger charge is 2.23. The van der Waals surface area contributed by atoms with E-state index in [0.717, 1.165) is 25.9 Å². The molecule has 0 atom stereocenters. The third-order valence-corrected chi connectivity index (χ3v) is 3.73. The Morgan fingerprint density at radius 1 is 1.33 bits per heavy atom. The molecule has 1 saturated heterocycles. The lowest BCUT2D eigenvalue weighted by Crippen LogP contribution is -2.38. The number of hydrogen-bond acceptors (Lipinski definition) is 3. The first kappa shape index (κ1) is 15.5. The Kier molecular flexibility index (Phi) is 4.94. The van der Waals surface area contributed by atoms with Gasteiger partial charge in [-0.1, -0.05) is 6.92 Å². The zero-order chi connectivity index (χ0) is 15.4. The molecule has 2 amide bonds. The highest BCUT2D eigenvalue weighted by molar-refractivity contribution is 5.98. The number of carbonyl (C=O) groups excluding carboxylic acids is 2. The second-order valence-corrected chi connectivity index (χ2v) is 6.03. The van der Waals surface area contributed by atoms with Crippen molar-refractivity contribution in [3.05, 3.63) is 29.6 Å². The van der Waals surface area contributed by atoms with Crippen LogP contribution in [-0.2, 0) is 0 Å². The lowest BCUT2D eigenvalue weighted by molar-refractivity contribution is 0.0691. The van der Waals surface area contributed by atoms with Crippen LogP contribution in [0.2, 0.25) is 0 Å². The lowest BCUT2D eigenvalue weighted by Gasteiger charge is -2.30. The van der Waals surface area contributed by atoms with Crippen molar-refractivity contribution in [2.75, 3.05) is 13.1 Å². The number of hydrogen-bond donors (Lipinski definition) is 1. The summed E-state index contributed by atoms with van der Waals surface area (Å²) >= 11 is 0. The number of rotatable bonds is 3. The summed E-state index contributed by atoms with van der Waals surface area (Å²) in [6.07, 6.45) is 3.58. The predicted molar refractivity (Wildman–Crippen MR) is 81.1 cm³/mol. The predicted octanol–water partition coefficient (Wildman–Crippen LogP) is 2.09. The smallest absolute Gasteiger partial charge is 0.272 e.